The molecule has 1 rings (SSSR count). The number of carbonyl (C=O) groups excluding carboxylic acids is 1. The van der Waals surface area contributed by atoms with Gasteiger partial charge in [-0.3, -0.25) is 9.35 Å². The second kappa shape index (κ2) is 10.6. The first kappa shape index (κ1) is 33.6. The van der Waals surface area contributed by atoms with Crippen molar-refractivity contribution in [3.05, 3.63) is 0 Å². The van der Waals surface area contributed by atoms with E-state index < -0.39 is 102 Å². The van der Waals surface area contributed by atoms with Crippen molar-refractivity contribution in [3.63, 3.8) is 0 Å². The van der Waals surface area contributed by atoms with Crippen molar-refractivity contribution in [2.45, 2.75) is 93.5 Å². The van der Waals surface area contributed by atoms with Crippen LogP contribution in [0.2, 0.25) is 0 Å². The van der Waals surface area contributed by atoms with Gasteiger partial charge in [-0.1, -0.05) is 0 Å². The maximum absolute atomic E-state index is 13.5. The zero-order valence-electron chi connectivity index (χ0n) is 19.5. The molecule has 0 amide bonds. The minimum Gasteiger partial charge on any atom is -0.455 e. The Kier molecular flexibility index (Phi) is 9.67. The second-order valence-corrected chi connectivity index (χ2v) is 10.8. The van der Waals surface area contributed by atoms with Crippen LogP contribution in [0.1, 0.15) is 58.8 Å². The summed E-state index contributed by atoms with van der Waals surface area (Å²) < 4.78 is 173. The number of ether oxygens (including phenoxy) is 2. The summed E-state index contributed by atoms with van der Waals surface area (Å²) in [6.45, 7) is 0.832. The SMILES string of the molecule is CC(C)(COCCCCC(F)(F)C(F)(F)S(=O)(=O)O)C(=O)OC1(C(O)(C(F)(F)F)C(F)(F)F)CCCC1. The number of rotatable bonds is 12. The molecule has 0 aliphatic heterocycles. The molecule has 18 heteroatoms. The highest BCUT2D eigenvalue weighted by molar-refractivity contribution is 7.87. The molecule has 0 aromatic carbocycles. The molecule has 0 atom stereocenters. The number of hydrogen-bond acceptors (Lipinski definition) is 6. The van der Waals surface area contributed by atoms with Crippen LogP contribution in [0.3, 0.4) is 0 Å². The Hall–Kier alpha value is -1.40. The fourth-order valence-electron chi connectivity index (χ4n) is 3.75. The van der Waals surface area contributed by atoms with Crippen molar-refractivity contribution in [2.75, 3.05) is 13.2 Å². The van der Waals surface area contributed by atoms with Crippen molar-refractivity contribution >= 4 is 16.1 Å². The summed E-state index contributed by atoms with van der Waals surface area (Å²) in [4.78, 5) is 12.6. The van der Waals surface area contributed by atoms with Crippen molar-refractivity contribution in [2.24, 2.45) is 5.41 Å². The molecule has 0 unspecified atom stereocenters. The fraction of sp³-hybridized carbons (Fsp3) is 0.947. The third-order valence-corrected chi connectivity index (χ3v) is 6.92. The first-order chi connectivity index (χ1) is 16.3. The number of carbonyl (C=O) groups is 1. The molecule has 0 aromatic rings. The third kappa shape index (κ3) is 6.61. The van der Waals surface area contributed by atoms with Gasteiger partial charge in [0, 0.05) is 13.0 Å². The molecule has 0 aromatic heterocycles. The lowest BCUT2D eigenvalue weighted by Crippen LogP contribution is -2.71. The maximum atomic E-state index is 13.5. The normalized spacial score (nSPS) is 18.2. The van der Waals surface area contributed by atoms with E-state index in [4.69, 9.17) is 14.0 Å². The van der Waals surface area contributed by atoms with E-state index in [2.05, 4.69) is 0 Å². The van der Waals surface area contributed by atoms with E-state index >= 15 is 0 Å². The number of halogens is 10. The molecule has 0 bridgehead atoms. The summed E-state index contributed by atoms with van der Waals surface area (Å²) in [6.07, 6.45) is -17.6. The zero-order valence-corrected chi connectivity index (χ0v) is 20.3. The third-order valence-electron chi connectivity index (χ3n) is 5.97. The van der Waals surface area contributed by atoms with Crippen molar-refractivity contribution < 1.29 is 76.2 Å². The smallest absolute Gasteiger partial charge is 0.431 e. The Morgan fingerprint density at radius 2 is 1.35 bits per heavy atom. The molecule has 1 aliphatic carbocycles. The van der Waals surface area contributed by atoms with Crippen LogP contribution in [0.4, 0.5) is 43.9 Å². The van der Waals surface area contributed by atoms with Crippen LogP contribution in [0.25, 0.3) is 0 Å². The molecule has 0 heterocycles. The van der Waals surface area contributed by atoms with E-state index in [1.54, 1.807) is 0 Å². The molecule has 2 N–H and O–H groups in total. The van der Waals surface area contributed by atoms with Crippen LogP contribution < -0.4 is 0 Å². The lowest BCUT2D eigenvalue weighted by Gasteiger charge is -2.46. The predicted octanol–water partition coefficient (Wildman–Crippen LogP) is 5.03. The molecule has 0 spiro atoms. The molecule has 0 radical (unpaired) electrons. The topological polar surface area (TPSA) is 110 Å². The van der Waals surface area contributed by atoms with Crippen LogP contribution >= 0.6 is 0 Å². The van der Waals surface area contributed by atoms with Crippen molar-refractivity contribution in [3.8, 4) is 0 Å². The summed E-state index contributed by atoms with van der Waals surface area (Å²) in [5.74, 6) is -6.71. The molecule has 1 aliphatic rings. The average Bonchev–Trinajstić information content (AvgIpc) is 3.16. The lowest BCUT2D eigenvalue weighted by atomic mass is 9.79. The minimum absolute atomic E-state index is 0.208. The predicted molar refractivity (Wildman–Crippen MR) is 104 cm³/mol. The van der Waals surface area contributed by atoms with Gasteiger partial charge >= 0.3 is 39.6 Å². The van der Waals surface area contributed by atoms with E-state index in [0.717, 1.165) is 13.8 Å². The highest BCUT2D eigenvalue weighted by Crippen LogP contribution is 2.56. The lowest BCUT2D eigenvalue weighted by molar-refractivity contribution is -0.412. The van der Waals surface area contributed by atoms with Crippen molar-refractivity contribution in [1.82, 2.24) is 0 Å². The summed E-state index contributed by atoms with van der Waals surface area (Å²) in [5, 5.41) is 4.12. The highest BCUT2D eigenvalue weighted by atomic mass is 32.2. The Morgan fingerprint density at radius 3 is 1.76 bits per heavy atom. The Labute approximate surface area is 205 Å². The largest absolute Gasteiger partial charge is 0.455 e. The van der Waals surface area contributed by atoms with Crippen LogP contribution in [-0.2, 0) is 24.4 Å². The summed E-state index contributed by atoms with van der Waals surface area (Å²) in [6, 6.07) is 0. The van der Waals surface area contributed by atoms with Gasteiger partial charge in [0.15, 0.2) is 5.60 Å². The maximum Gasteiger partial charge on any atom is 0.431 e. The van der Waals surface area contributed by atoms with Gasteiger partial charge in [0.2, 0.25) is 0 Å². The van der Waals surface area contributed by atoms with E-state index in [-0.39, 0.29) is 12.8 Å². The number of aliphatic hydroxyl groups is 1. The van der Waals surface area contributed by atoms with E-state index in [1.807, 2.05) is 0 Å². The van der Waals surface area contributed by atoms with Gasteiger partial charge in [-0.25, -0.2) is 0 Å². The standard InChI is InChI=1S/C19H26F10O7S/c1-13(2,11-35-10-6-5-9-15(20,21)19(28,29)37(32,33)34)12(30)36-14(7-3-4-8-14)16(31,17(22,23)24)18(25,26)27/h31H,3-11H2,1-2H3,(H,32,33,34). The molecular formula is C19H26F10O7S. The van der Waals surface area contributed by atoms with Gasteiger partial charge in [0.1, 0.15) is 0 Å². The Balaban J connectivity index is 2.82. The van der Waals surface area contributed by atoms with Crippen LogP contribution in [0.5, 0.6) is 0 Å². The van der Waals surface area contributed by atoms with Crippen LogP contribution in [0.15, 0.2) is 0 Å². The first-order valence-corrected chi connectivity index (χ1v) is 12.1. The van der Waals surface area contributed by atoms with E-state index in [9.17, 15) is 62.2 Å². The van der Waals surface area contributed by atoms with E-state index in [0.29, 0.717) is 0 Å². The zero-order chi connectivity index (χ0) is 29.4. The Bertz CT molecular complexity index is 893. The van der Waals surface area contributed by atoms with Gasteiger partial charge in [-0.05, 0) is 52.4 Å². The summed E-state index contributed by atoms with van der Waals surface area (Å²) in [7, 11) is -6.41. The fourth-order valence-corrected chi connectivity index (χ4v) is 4.23. The van der Waals surface area contributed by atoms with Crippen molar-refractivity contribution in [1.29, 1.82) is 0 Å². The first-order valence-electron chi connectivity index (χ1n) is 10.7. The molecular weight excluding hydrogens is 562 g/mol. The van der Waals surface area contributed by atoms with Gasteiger partial charge in [0.25, 0.3) is 5.60 Å². The number of alkyl halides is 10. The molecule has 37 heavy (non-hydrogen) atoms. The van der Waals surface area contributed by atoms with Gasteiger partial charge in [0.05, 0.1) is 12.0 Å². The quantitative estimate of drug-likeness (QED) is 0.143. The van der Waals surface area contributed by atoms with Gasteiger partial charge in [-0.2, -0.15) is 52.3 Å². The summed E-state index contributed by atoms with van der Waals surface area (Å²) in [5.41, 5.74) is -10.6. The number of hydrogen-bond donors (Lipinski definition) is 2. The van der Waals surface area contributed by atoms with E-state index in [1.165, 1.54) is 0 Å². The highest BCUT2D eigenvalue weighted by Gasteiger charge is 2.81. The number of esters is 1. The minimum atomic E-state index is -6.41. The molecule has 1 fully saturated rings. The molecule has 1 saturated carbocycles. The monoisotopic (exact) mass is 588 g/mol. The molecule has 220 valence electrons. The van der Waals surface area contributed by atoms with Gasteiger partial charge in [-0.15, -0.1) is 0 Å². The Morgan fingerprint density at radius 1 is 0.892 bits per heavy atom. The van der Waals surface area contributed by atoms with Crippen LogP contribution in [-0.4, -0.2) is 72.0 Å². The summed E-state index contributed by atoms with van der Waals surface area (Å²) >= 11 is 0. The second-order valence-electron chi connectivity index (χ2n) is 9.39. The number of unbranched alkanes of at least 4 members (excludes halogenated alkanes) is 1. The van der Waals surface area contributed by atoms with Crippen LogP contribution in [0, 0.1) is 5.41 Å². The molecule has 7 nitrogen and oxygen atoms in total. The molecule has 0 saturated heterocycles. The average molecular weight is 588 g/mol. The van der Waals surface area contributed by atoms with Gasteiger partial charge < -0.3 is 14.6 Å².